The molecule has 1 amide bonds. The Morgan fingerprint density at radius 1 is 1.04 bits per heavy atom. The maximum Gasteiger partial charge on any atom is 0.307 e. The summed E-state index contributed by atoms with van der Waals surface area (Å²) in [6.07, 6.45) is -1.23. The number of hydrogen-bond donors (Lipinski definition) is 2. The van der Waals surface area contributed by atoms with Crippen LogP contribution < -0.4 is 14.8 Å². The van der Waals surface area contributed by atoms with E-state index in [-0.39, 0.29) is 17.9 Å². The van der Waals surface area contributed by atoms with Gasteiger partial charge in [0.25, 0.3) is 5.91 Å². The van der Waals surface area contributed by atoms with E-state index in [1.807, 2.05) is 0 Å². The number of esters is 1. The first-order valence-corrected chi connectivity index (χ1v) is 9.99. The molecule has 2 aromatic carbocycles. The maximum atomic E-state index is 12.1. The highest BCUT2D eigenvalue weighted by Crippen LogP contribution is 2.15. The molecule has 0 radical (unpaired) electrons. The molecule has 0 aliphatic heterocycles. The molecule has 150 valence electrons. The van der Waals surface area contributed by atoms with Crippen LogP contribution in [0.4, 0.5) is 5.69 Å². The van der Waals surface area contributed by atoms with Gasteiger partial charge in [0.1, 0.15) is 5.75 Å². The van der Waals surface area contributed by atoms with Gasteiger partial charge in [0, 0.05) is 12.2 Å². The van der Waals surface area contributed by atoms with Gasteiger partial charge in [-0.3, -0.25) is 9.59 Å². The van der Waals surface area contributed by atoms with Gasteiger partial charge in [0.15, 0.2) is 6.10 Å². The lowest BCUT2D eigenvalue weighted by Crippen LogP contribution is -2.32. The fourth-order valence-corrected chi connectivity index (χ4v) is 3.25. The van der Waals surface area contributed by atoms with Crippen LogP contribution in [0.15, 0.2) is 59.5 Å². The molecule has 2 aromatic rings. The highest BCUT2D eigenvalue weighted by atomic mass is 32.2. The molecule has 0 bridgehead atoms. The van der Waals surface area contributed by atoms with Crippen molar-refractivity contribution in [3.63, 3.8) is 0 Å². The van der Waals surface area contributed by atoms with Crippen LogP contribution in [0.5, 0.6) is 5.75 Å². The molecule has 0 fully saturated rings. The van der Waals surface area contributed by atoms with E-state index in [0.717, 1.165) is 0 Å². The third kappa shape index (κ3) is 6.36. The molecule has 2 N–H and O–H groups in total. The van der Waals surface area contributed by atoms with Crippen molar-refractivity contribution in [1.82, 2.24) is 4.72 Å². The van der Waals surface area contributed by atoms with Crippen molar-refractivity contribution in [3.05, 3.63) is 54.6 Å². The van der Waals surface area contributed by atoms with Crippen LogP contribution in [0.2, 0.25) is 0 Å². The van der Waals surface area contributed by atoms with Gasteiger partial charge >= 0.3 is 5.97 Å². The lowest BCUT2D eigenvalue weighted by atomic mass is 10.3. The lowest BCUT2D eigenvalue weighted by Gasteiger charge is -2.14. The van der Waals surface area contributed by atoms with Crippen molar-refractivity contribution < 1.29 is 27.5 Å². The van der Waals surface area contributed by atoms with Crippen molar-refractivity contribution in [2.24, 2.45) is 0 Å². The molecule has 0 saturated carbocycles. The Labute approximate surface area is 163 Å². The minimum Gasteiger partial charge on any atom is -0.497 e. The number of rotatable bonds is 9. The van der Waals surface area contributed by atoms with E-state index in [2.05, 4.69) is 10.0 Å². The average Bonchev–Trinajstić information content (AvgIpc) is 2.69. The summed E-state index contributed by atoms with van der Waals surface area (Å²) >= 11 is 0. The molecular formula is C19H22N2O6S. The number of sulfonamides is 1. The number of benzene rings is 2. The van der Waals surface area contributed by atoms with E-state index in [9.17, 15) is 18.0 Å². The predicted molar refractivity (Wildman–Crippen MR) is 103 cm³/mol. The normalized spacial score (nSPS) is 12.1. The van der Waals surface area contributed by atoms with E-state index < -0.39 is 28.0 Å². The van der Waals surface area contributed by atoms with E-state index in [0.29, 0.717) is 11.4 Å². The molecule has 0 aromatic heterocycles. The van der Waals surface area contributed by atoms with Crippen molar-refractivity contribution in [2.75, 3.05) is 19.0 Å². The Morgan fingerprint density at radius 3 is 2.29 bits per heavy atom. The number of carbonyl (C=O) groups excluding carboxylic acids is 2. The molecule has 1 atom stereocenters. The largest absolute Gasteiger partial charge is 0.497 e. The van der Waals surface area contributed by atoms with Crippen molar-refractivity contribution in [1.29, 1.82) is 0 Å². The molecule has 2 rings (SSSR count). The minimum atomic E-state index is -3.69. The van der Waals surface area contributed by atoms with Crippen LogP contribution in [-0.2, 0) is 24.3 Å². The number of carbonyl (C=O) groups is 2. The van der Waals surface area contributed by atoms with Gasteiger partial charge in [-0.1, -0.05) is 18.2 Å². The highest BCUT2D eigenvalue weighted by molar-refractivity contribution is 7.89. The molecule has 9 heteroatoms. The minimum absolute atomic E-state index is 0.107. The molecule has 28 heavy (non-hydrogen) atoms. The van der Waals surface area contributed by atoms with Crippen LogP contribution >= 0.6 is 0 Å². The number of methoxy groups -OCH3 is 1. The second-order valence-corrected chi connectivity index (χ2v) is 7.58. The Bertz CT molecular complexity index is 898. The zero-order chi connectivity index (χ0) is 20.6. The third-order valence-corrected chi connectivity index (χ3v) is 5.19. The maximum absolute atomic E-state index is 12.1. The Balaban J connectivity index is 1.77. The van der Waals surface area contributed by atoms with Crippen LogP contribution in [0, 0.1) is 0 Å². The second kappa shape index (κ2) is 9.86. The van der Waals surface area contributed by atoms with Gasteiger partial charge in [-0.15, -0.1) is 0 Å². The molecular weight excluding hydrogens is 384 g/mol. The smallest absolute Gasteiger partial charge is 0.307 e. The summed E-state index contributed by atoms with van der Waals surface area (Å²) in [6, 6.07) is 14.5. The zero-order valence-electron chi connectivity index (χ0n) is 15.5. The lowest BCUT2D eigenvalue weighted by molar-refractivity contribution is -0.152. The number of ether oxygens (including phenoxy) is 2. The van der Waals surface area contributed by atoms with Gasteiger partial charge in [0.05, 0.1) is 18.4 Å². The summed E-state index contributed by atoms with van der Waals surface area (Å²) in [5.41, 5.74) is 0.532. The summed E-state index contributed by atoms with van der Waals surface area (Å²) in [6.45, 7) is 1.30. The summed E-state index contributed by atoms with van der Waals surface area (Å²) in [7, 11) is -2.16. The van der Waals surface area contributed by atoms with Gasteiger partial charge in [-0.25, -0.2) is 13.1 Å². The first kappa shape index (κ1) is 21.4. The van der Waals surface area contributed by atoms with Gasteiger partial charge in [-0.05, 0) is 43.3 Å². The third-order valence-electron chi connectivity index (χ3n) is 3.71. The standard InChI is InChI=1S/C19H22N2O6S/c1-14(19(23)21-15-8-10-16(26-2)11-9-15)27-18(22)12-13-20-28(24,25)17-6-4-3-5-7-17/h3-11,14,20H,12-13H2,1-2H3,(H,21,23)/t14-/m0/s1. The van der Waals surface area contributed by atoms with Crippen molar-refractivity contribution >= 4 is 27.6 Å². The van der Waals surface area contributed by atoms with Gasteiger partial charge < -0.3 is 14.8 Å². The van der Waals surface area contributed by atoms with Crippen LogP contribution in [-0.4, -0.2) is 40.1 Å². The molecule has 8 nitrogen and oxygen atoms in total. The predicted octanol–water partition coefficient (Wildman–Crippen LogP) is 1.93. The van der Waals surface area contributed by atoms with E-state index in [1.165, 1.54) is 26.2 Å². The van der Waals surface area contributed by atoms with E-state index in [1.54, 1.807) is 42.5 Å². The second-order valence-electron chi connectivity index (χ2n) is 5.81. The topological polar surface area (TPSA) is 111 Å². The monoisotopic (exact) mass is 406 g/mol. The number of hydrogen-bond acceptors (Lipinski definition) is 6. The molecule has 0 saturated heterocycles. The first-order chi connectivity index (χ1) is 13.3. The Morgan fingerprint density at radius 2 is 1.68 bits per heavy atom. The summed E-state index contributed by atoms with van der Waals surface area (Å²) in [5.74, 6) is -0.535. The molecule has 0 heterocycles. The molecule has 0 aliphatic rings. The van der Waals surface area contributed by atoms with Crippen molar-refractivity contribution in [2.45, 2.75) is 24.3 Å². The quantitative estimate of drug-likeness (QED) is 0.616. The average molecular weight is 406 g/mol. The molecule has 0 unspecified atom stereocenters. The van der Waals surface area contributed by atoms with Gasteiger partial charge in [-0.2, -0.15) is 0 Å². The van der Waals surface area contributed by atoms with Crippen molar-refractivity contribution in [3.8, 4) is 5.75 Å². The van der Waals surface area contributed by atoms with Gasteiger partial charge in [0.2, 0.25) is 10.0 Å². The van der Waals surface area contributed by atoms with Crippen LogP contribution in [0.1, 0.15) is 13.3 Å². The van der Waals surface area contributed by atoms with E-state index in [4.69, 9.17) is 9.47 Å². The van der Waals surface area contributed by atoms with E-state index >= 15 is 0 Å². The summed E-state index contributed by atoms with van der Waals surface area (Å²) in [5, 5.41) is 2.62. The molecule has 0 spiro atoms. The fourth-order valence-electron chi connectivity index (χ4n) is 2.20. The number of anilines is 1. The number of amides is 1. The Hall–Kier alpha value is -2.91. The van der Waals surface area contributed by atoms with Crippen LogP contribution in [0.3, 0.4) is 0 Å². The van der Waals surface area contributed by atoms with Crippen LogP contribution in [0.25, 0.3) is 0 Å². The Kier molecular flexibility index (Phi) is 7.53. The SMILES string of the molecule is COc1ccc(NC(=O)[C@H](C)OC(=O)CCNS(=O)(=O)c2ccccc2)cc1. The first-order valence-electron chi connectivity index (χ1n) is 8.51. The highest BCUT2D eigenvalue weighted by Gasteiger charge is 2.19. The summed E-state index contributed by atoms with van der Waals surface area (Å²) in [4.78, 5) is 24.1. The fraction of sp³-hybridized carbons (Fsp3) is 0.263. The zero-order valence-corrected chi connectivity index (χ0v) is 16.4. The molecule has 0 aliphatic carbocycles. The summed E-state index contributed by atoms with van der Waals surface area (Å²) < 4.78 is 36.5. The number of nitrogens with one attached hydrogen (secondary N) is 2.